The maximum absolute atomic E-state index is 12.5. The summed E-state index contributed by atoms with van der Waals surface area (Å²) >= 11 is 0. The molecular formula is C25H21N5O3S. The van der Waals surface area contributed by atoms with E-state index in [0.29, 0.717) is 11.4 Å². The smallest absolute Gasteiger partial charge is 0.296 e. The summed E-state index contributed by atoms with van der Waals surface area (Å²) in [6.45, 7) is 0. The second-order valence-electron chi connectivity index (χ2n) is 7.79. The summed E-state index contributed by atoms with van der Waals surface area (Å²) in [7, 11) is -2.33. The molecule has 9 heteroatoms. The van der Waals surface area contributed by atoms with Gasteiger partial charge in [0.2, 0.25) is 0 Å². The fourth-order valence-electron chi connectivity index (χ4n) is 4.12. The van der Waals surface area contributed by atoms with Crippen molar-refractivity contribution in [2.75, 3.05) is 11.8 Å². The Kier molecular flexibility index (Phi) is 5.27. The molecule has 34 heavy (non-hydrogen) atoms. The average Bonchev–Trinajstić information content (AvgIpc) is 3.26. The first-order valence-corrected chi connectivity index (χ1v) is 12.0. The van der Waals surface area contributed by atoms with Gasteiger partial charge in [0.1, 0.15) is 0 Å². The molecule has 5 rings (SSSR count). The predicted molar refractivity (Wildman–Crippen MR) is 134 cm³/mol. The van der Waals surface area contributed by atoms with Gasteiger partial charge >= 0.3 is 0 Å². The zero-order valence-electron chi connectivity index (χ0n) is 18.2. The number of nitrogens with one attached hydrogen (secondary N) is 2. The van der Waals surface area contributed by atoms with Gasteiger partial charge in [-0.05, 0) is 57.9 Å². The van der Waals surface area contributed by atoms with E-state index in [0.717, 1.165) is 32.8 Å². The van der Waals surface area contributed by atoms with E-state index >= 15 is 0 Å². The largest absolute Gasteiger partial charge is 0.354 e. The molecule has 0 aliphatic carbocycles. The molecule has 4 aromatic carbocycles. The van der Waals surface area contributed by atoms with E-state index in [4.69, 9.17) is 5.14 Å². The van der Waals surface area contributed by atoms with Crippen LogP contribution in [0.15, 0.2) is 84.9 Å². The number of nitrogens with zero attached hydrogens (tertiary/aromatic N) is 2. The number of carbonyl (C=O) groups excluding carboxylic acids is 1. The first-order valence-electron chi connectivity index (χ1n) is 10.5. The van der Waals surface area contributed by atoms with E-state index in [9.17, 15) is 13.2 Å². The van der Waals surface area contributed by atoms with Crippen molar-refractivity contribution < 1.29 is 13.2 Å². The van der Waals surface area contributed by atoms with Gasteiger partial charge in [0.05, 0.1) is 11.4 Å². The highest BCUT2D eigenvalue weighted by Gasteiger charge is 2.20. The molecule has 0 saturated carbocycles. The lowest BCUT2D eigenvalue weighted by Gasteiger charge is -2.14. The van der Waals surface area contributed by atoms with Crippen molar-refractivity contribution in [3.8, 4) is 16.9 Å². The molecule has 0 unspecified atom stereocenters. The first-order chi connectivity index (χ1) is 16.3. The van der Waals surface area contributed by atoms with Crippen molar-refractivity contribution in [1.29, 1.82) is 0 Å². The molecule has 1 aromatic heterocycles. The Bertz CT molecular complexity index is 1600. The molecule has 0 aliphatic heterocycles. The minimum Gasteiger partial charge on any atom is -0.354 e. The number of rotatable bonds is 5. The van der Waals surface area contributed by atoms with Gasteiger partial charge in [-0.1, -0.05) is 48.5 Å². The Morgan fingerprint density at radius 3 is 2.03 bits per heavy atom. The van der Waals surface area contributed by atoms with Crippen molar-refractivity contribution in [3.63, 3.8) is 0 Å². The SMILES string of the molecule is CNC(=O)c1cc(-c2c3ccccc3cc3ccccc23)n(-c2ccc(NS(N)(=O)=O)cc2)n1. The standard InChI is InChI=1S/C25H21N5O3S/c1-27-25(31)22-15-23(30(28-22)19-12-10-18(11-13-19)29-34(26,32)33)24-20-8-4-2-6-16(20)14-17-7-3-5-9-21(17)24/h2-15,29H,1H3,(H,27,31)(H2,26,32,33). The van der Waals surface area contributed by atoms with Crippen molar-refractivity contribution in [2.24, 2.45) is 5.14 Å². The topological polar surface area (TPSA) is 119 Å². The number of amides is 1. The summed E-state index contributed by atoms with van der Waals surface area (Å²) in [5, 5.41) is 16.5. The maximum Gasteiger partial charge on any atom is 0.296 e. The predicted octanol–water partition coefficient (Wildman–Crippen LogP) is 3.82. The van der Waals surface area contributed by atoms with Crippen molar-refractivity contribution in [1.82, 2.24) is 15.1 Å². The zero-order valence-corrected chi connectivity index (χ0v) is 19.0. The third-order valence-corrected chi connectivity index (χ3v) is 6.09. The molecule has 170 valence electrons. The number of hydrogen-bond donors (Lipinski definition) is 3. The van der Waals surface area contributed by atoms with Crippen molar-refractivity contribution in [3.05, 3.63) is 90.6 Å². The number of hydrogen-bond acceptors (Lipinski definition) is 4. The molecule has 0 bridgehead atoms. The molecule has 5 aromatic rings. The summed E-state index contributed by atoms with van der Waals surface area (Å²) in [4.78, 5) is 12.5. The van der Waals surface area contributed by atoms with Gasteiger partial charge in [-0.25, -0.2) is 9.82 Å². The monoisotopic (exact) mass is 471 g/mol. The van der Waals surface area contributed by atoms with Gasteiger partial charge in [-0.15, -0.1) is 0 Å². The average molecular weight is 472 g/mol. The van der Waals surface area contributed by atoms with E-state index in [2.05, 4.69) is 33.3 Å². The van der Waals surface area contributed by atoms with E-state index in [1.165, 1.54) is 0 Å². The number of nitrogens with two attached hydrogens (primary N) is 1. The first kappa shape index (κ1) is 21.6. The number of carbonyl (C=O) groups is 1. The van der Waals surface area contributed by atoms with Crippen LogP contribution in [0, 0.1) is 0 Å². The third-order valence-electron chi connectivity index (χ3n) is 5.57. The summed E-state index contributed by atoms with van der Waals surface area (Å²) in [6.07, 6.45) is 0. The van der Waals surface area contributed by atoms with Crippen molar-refractivity contribution >= 4 is 43.3 Å². The Morgan fingerprint density at radius 2 is 1.47 bits per heavy atom. The molecule has 4 N–H and O–H groups in total. The number of aromatic nitrogens is 2. The third kappa shape index (κ3) is 3.98. The minimum atomic E-state index is -3.89. The highest BCUT2D eigenvalue weighted by molar-refractivity contribution is 7.90. The van der Waals surface area contributed by atoms with Gasteiger partial charge in [-0.2, -0.15) is 13.5 Å². The van der Waals surface area contributed by atoms with Crippen LogP contribution in [0.4, 0.5) is 5.69 Å². The van der Waals surface area contributed by atoms with Crippen LogP contribution in [0.3, 0.4) is 0 Å². The summed E-state index contributed by atoms with van der Waals surface area (Å²) in [6, 6.07) is 26.7. The number of anilines is 1. The van der Waals surface area contributed by atoms with E-state index in [1.807, 2.05) is 36.4 Å². The normalized spacial score (nSPS) is 11.6. The van der Waals surface area contributed by atoms with E-state index in [1.54, 1.807) is 42.1 Å². The molecule has 1 amide bonds. The summed E-state index contributed by atoms with van der Waals surface area (Å²) in [5.41, 5.74) is 2.92. The Balaban J connectivity index is 1.78. The van der Waals surface area contributed by atoms with Crippen LogP contribution in [-0.4, -0.2) is 31.2 Å². The number of benzene rings is 4. The minimum absolute atomic E-state index is 0.265. The molecule has 0 fully saturated rings. The molecule has 1 heterocycles. The lowest BCUT2D eigenvalue weighted by Crippen LogP contribution is -2.21. The quantitative estimate of drug-likeness (QED) is 0.338. The zero-order chi connectivity index (χ0) is 23.9. The van der Waals surface area contributed by atoms with Crippen LogP contribution in [0.1, 0.15) is 10.5 Å². The van der Waals surface area contributed by atoms with Gasteiger partial charge in [-0.3, -0.25) is 9.52 Å². The van der Waals surface area contributed by atoms with E-state index in [-0.39, 0.29) is 11.6 Å². The second-order valence-corrected chi connectivity index (χ2v) is 9.09. The Labute approximate surface area is 196 Å². The highest BCUT2D eigenvalue weighted by atomic mass is 32.2. The van der Waals surface area contributed by atoms with Crippen LogP contribution in [-0.2, 0) is 10.2 Å². The van der Waals surface area contributed by atoms with E-state index < -0.39 is 10.2 Å². The van der Waals surface area contributed by atoms with Crippen LogP contribution in [0.25, 0.3) is 38.5 Å². The second kappa shape index (κ2) is 8.29. The fourth-order valence-corrected chi connectivity index (χ4v) is 4.58. The van der Waals surface area contributed by atoms with Crippen LogP contribution in [0.5, 0.6) is 0 Å². The summed E-state index contributed by atoms with van der Waals surface area (Å²) in [5.74, 6) is -0.308. The molecule has 0 radical (unpaired) electrons. The molecule has 0 atom stereocenters. The maximum atomic E-state index is 12.5. The molecule has 0 aliphatic rings. The fraction of sp³-hybridized carbons (Fsp3) is 0.0400. The van der Waals surface area contributed by atoms with Crippen molar-refractivity contribution in [2.45, 2.75) is 0 Å². The van der Waals surface area contributed by atoms with Gasteiger partial charge in [0, 0.05) is 18.3 Å². The molecule has 0 spiro atoms. The van der Waals surface area contributed by atoms with Crippen LogP contribution < -0.4 is 15.2 Å². The summed E-state index contributed by atoms with van der Waals surface area (Å²) < 4.78 is 26.7. The highest BCUT2D eigenvalue weighted by Crippen LogP contribution is 2.37. The van der Waals surface area contributed by atoms with Crippen LogP contribution >= 0.6 is 0 Å². The molecule has 8 nitrogen and oxygen atoms in total. The van der Waals surface area contributed by atoms with Crippen LogP contribution in [0.2, 0.25) is 0 Å². The molecule has 0 saturated heterocycles. The Morgan fingerprint density at radius 1 is 0.882 bits per heavy atom. The lowest BCUT2D eigenvalue weighted by molar-refractivity contribution is 0.0957. The van der Waals surface area contributed by atoms with Gasteiger partial charge in [0.15, 0.2) is 5.69 Å². The number of fused-ring (bicyclic) bond motifs is 2. The molecular weight excluding hydrogens is 450 g/mol. The Hall–Kier alpha value is -4.21. The van der Waals surface area contributed by atoms with Gasteiger partial charge in [0.25, 0.3) is 16.1 Å². The van der Waals surface area contributed by atoms with Gasteiger partial charge < -0.3 is 5.32 Å². The lowest BCUT2D eigenvalue weighted by atomic mass is 9.94.